The molecule has 0 bridgehead atoms. The zero-order chi connectivity index (χ0) is 14.4. The van der Waals surface area contributed by atoms with Crippen molar-refractivity contribution in [3.8, 4) is 0 Å². The lowest BCUT2D eigenvalue weighted by atomic mass is 9.67. The molecular formula is C18H36N2. The first-order chi connectivity index (χ1) is 9.65. The summed E-state index contributed by atoms with van der Waals surface area (Å²) >= 11 is 0. The van der Waals surface area contributed by atoms with Crippen molar-refractivity contribution >= 4 is 0 Å². The summed E-state index contributed by atoms with van der Waals surface area (Å²) in [5, 5.41) is 3.56. The molecule has 0 aromatic rings. The minimum absolute atomic E-state index is 0.766. The number of rotatable bonds is 7. The standard InChI is InChI=1S/C18H36N2/c1-15(2)13-19-10-11-20(3)14-16-8-9-17-6-4-5-7-18(17)12-16/h15-19H,4-14H2,1-3H3. The van der Waals surface area contributed by atoms with E-state index in [1.165, 1.54) is 58.0 Å². The van der Waals surface area contributed by atoms with Crippen LogP contribution in [0.5, 0.6) is 0 Å². The van der Waals surface area contributed by atoms with Crippen molar-refractivity contribution < 1.29 is 0 Å². The molecule has 0 aliphatic heterocycles. The van der Waals surface area contributed by atoms with Crippen molar-refractivity contribution in [1.82, 2.24) is 10.2 Å². The number of hydrogen-bond acceptors (Lipinski definition) is 2. The van der Waals surface area contributed by atoms with Gasteiger partial charge < -0.3 is 10.2 Å². The van der Waals surface area contributed by atoms with E-state index in [-0.39, 0.29) is 0 Å². The SMILES string of the molecule is CC(C)CNCCN(C)CC1CCC2CCCCC2C1. The third-order valence-corrected chi connectivity index (χ3v) is 5.44. The molecule has 20 heavy (non-hydrogen) atoms. The molecule has 0 radical (unpaired) electrons. The molecule has 118 valence electrons. The Morgan fingerprint density at radius 1 is 1.05 bits per heavy atom. The maximum Gasteiger partial charge on any atom is 0.0104 e. The first-order valence-corrected chi connectivity index (χ1v) is 9.04. The number of fused-ring (bicyclic) bond motifs is 1. The lowest BCUT2D eigenvalue weighted by molar-refractivity contribution is 0.110. The van der Waals surface area contributed by atoms with Crippen LogP contribution < -0.4 is 5.32 Å². The summed E-state index contributed by atoms with van der Waals surface area (Å²) in [6.45, 7) is 9.39. The fraction of sp³-hybridized carbons (Fsp3) is 1.00. The van der Waals surface area contributed by atoms with Gasteiger partial charge in [0.1, 0.15) is 0 Å². The quantitative estimate of drug-likeness (QED) is 0.714. The van der Waals surface area contributed by atoms with Crippen LogP contribution >= 0.6 is 0 Å². The molecule has 2 fully saturated rings. The predicted octanol–water partition coefficient (Wildman–Crippen LogP) is 3.77. The minimum Gasteiger partial charge on any atom is -0.315 e. The highest BCUT2D eigenvalue weighted by Gasteiger charge is 2.32. The Kier molecular flexibility index (Phi) is 6.83. The van der Waals surface area contributed by atoms with Crippen LogP contribution in [0.4, 0.5) is 0 Å². The third-order valence-electron chi connectivity index (χ3n) is 5.44. The van der Waals surface area contributed by atoms with E-state index in [0.717, 1.165) is 36.8 Å². The summed E-state index contributed by atoms with van der Waals surface area (Å²) in [4.78, 5) is 2.56. The van der Waals surface area contributed by atoms with Crippen molar-refractivity contribution in [3.05, 3.63) is 0 Å². The van der Waals surface area contributed by atoms with Crippen molar-refractivity contribution in [2.24, 2.45) is 23.7 Å². The van der Waals surface area contributed by atoms with Crippen LogP contribution in [0.25, 0.3) is 0 Å². The van der Waals surface area contributed by atoms with Gasteiger partial charge in [0.05, 0.1) is 0 Å². The fourth-order valence-electron chi connectivity index (χ4n) is 4.33. The van der Waals surface area contributed by atoms with E-state index in [0.29, 0.717) is 0 Å². The summed E-state index contributed by atoms with van der Waals surface area (Å²) in [5.41, 5.74) is 0. The summed E-state index contributed by atoms with van der Waals surface area (Å²) in [6, 6.07) is 0. The average molecular weight is 280 g/mol. The van der Waals surface area contributed by atoms with Gasteiger partial charge in [-0.05, 0) is 56.5 Å². The number of nitrogens with zero attached hydrogens (tertiary/aromatic N) is 1. The Hall–Kier alpha value is -0.0800. The van der Waals surface area contributed by atoms with E-state index in [9.17, 15) is 0 Å². The highest BCUT2D eigenvalue weighted by Crippen LogP contribution is 2.42. The van der Waals surface area contributed by atoms with Gasteiger partial charge in [0, 0.05) is 19.6 Å². The second-order valence-electron chi connectivity index (χ2n) is 7.84. The molecule has 2 nitrogen and oxygen atoms in total. The maximum absolute atomic E-state index is 3.56. The van der Waals surface area contributed by atoms with Gasteiger partial charge >= 0.3 is 0 Å². The largest absolute Gasteiger partial charge is 0.315 e. The van der Waals surface area contributed by atoms with Gasteiger partial charge in [-0.3, -0.25) is 0 Å². The molecular weight excluding hydrogens is 244 g/mol. The molecule has 0 saturated heterocycles. The zero-order valence-corrected chi connectivity index (χ0v) is 14.0. The van der Waals surface area contributed by atoms with E-state index < -0.39 is 0 Å². The van der Waals surface area contributed by atoms with Gasteiger partial charge in [-0.1, -0.05) is 39.5 Å². The molecule has 2 rings (SSSR count). The second-order valence-corrected chi connectivity index (χ2v) is 7.84. The van der Waals surface area contributed by atoms with Gasteiger partial charge in [0.2, 0.25) is 0 Å². The first kappa shape index (κ1) is 16.3. The molecule has 0 aromatic heterocycles. The molecule has 2 saturated carbocycles. The molecule has 3 atom stereocenters. The van der Waals surface area contributed by atoms with E-state index in [1.807, 2.05) is 0 Å². The third kappa shape index (κ3) is 5.37. The summed E-state index contributed by atoms with van der Waals surface area (Å²) in [7, 11) is 2.31. The monoisotopic (exact) mass is 280 g/mol. The molecule has 2 aliphatic carbocycles. The molecule has 0 spiro atoms. The van der Waals surface area contributed by atoms with E-state index in [2.05, 4.69) is 31.1 Å². The molecule has 2 aliphatic rings. The van der Waals surface area contributed by atoms with Crippen molar-refractivity contribution in [2.45, 2.75) is 58.8 Å². The van der Waals surface area contributed by atoms with Crippen LogP contribution in [0.15, 0.2) is 0 Å². The van der Waals surface area contributed by atoms with Crippen LogP contribution in [0, 0.1) is 23.7 Å². The minimum atomic E-state index is 0.766. The molecule has 0 amide bonds. The molecule has 1 N–H and O–H groups in total. The average Bonchev–Trinajstić information content (AvgIpc) is 2.43. The van der Waals surface area contributed by atoms with Crippen molar-refractivity contribution in [3.63, 3.8) is 0 Å². The van der Waals surface area contributed by atoms with Crippen LogP contribution in [-0.2, 0) is 0 Å². The van der Waals surface area contributed by atoms with Crippen LogP contribution in [0.3, 0.4) is 0 Å². The van der Waals surface area contributed by atoms with Gasteiger partial charge in [-0.2, -0.15) is 0 Å². The topological polar surface area (TPSA) is 15.3 Å². The highest BCUT2D eigenvalue weighted by atomic mass is 15.1. The fourth-order valence-corrected chi connectivity index (χ4v) is 4.33. The predicted molar refractivity (Wildman–Crippen MR) is 88.0 cm³/mol. The number of hydrogen-bond donors (Lipinski definition) is 1. The normalized spacial score (nSPS) is 30.8. The van der Waals surface area contributed by atoms with E-state index in [4.69, 9.17) is 0 Å². The Labute approximate surface area is 126 Å². The van der Waals surface area contributed by atoms with Crippen molar-refractivity contribution in [1.29, 1.82) is 0 Å². The number of likely N-dealkylation sites (N-methyl/N-ethyl adjacent to an activating group) is 1. The lowest BCUT2D eigenvalue weighted by Gasteiger charge is -2.40. The highest BCUT2D eigenvalue weighted by molar-refractivity contribution is 4.84. The Morgan fingerprint density at radius 2 is 1.80 bits per heavy atom. The van der Waals surface area contributed by atoms with Gasteiger partial charge in [0.25, 0.3) is 0 Å². The molecule has 0 aromatic carbocycles. The lowest BCUT2D eigenvalue weighted by Crippen LogP contribution is -2.37. The Morgan fingerprint density at radius 3 is 2.55 bits per heavy atom. The molecule has 2 heteroatoms. The van der Waals surface area contributed by atoms with Crippen LogP contribution in [0.1, 0.15) is 58.8 Å². The molecule has 3 unspecified atom stereocenters. The summed E-state index contributed by atoms with van der Waals surface area (Å²) < 4.78 is 0. The summed E-state index contributed by atoms with van der Waals surface area (Å²) in [5.74, 6) is 3.92. The second kappa shape index (κ2) is 8.38. The van der Waals surface area contributed by atoms with Crippen LogP contribution in [0.2, 0.25) is 0 Å². The van der Waals surface area contributed by atoms with Gasteiger partial charge in [-0.25, -0.2) is 0 Å². The Balaban J connectivity index is 1.60. The van der Waals surface area contributed by atoms with Crippen molar-refractivity contribution in [2.75, 3.05) is 33.2 Å². The molecule has 0 heterocycles. The maximum atomic E-state index is 3.56. The van der Waals surface area contributed by atoms with Gasteiger partial charge in [-0.15, -0.1) is 0 Å². The Bertz CT molecular complexity index is 264. The first-order valence-electron chi connectivity index (χ1n) is 9.04. The van der Waals surface area contributed by atoms with E-state index >= 15 is 0 Å². The van der Waals surface area contributed by atoms with E-state index in [1.54, 1.807) is 0 Å². The summed E-state index contributed by atoms with van der Waals surface area (Å²) in [6.07, 6.45) is 10.6. The van der Waals surface area contributed by atoms with Crippen LogP contribution in [-0.4, -0.2) is 38.1 Å². The number of nitrogens with one attached hydrogen (secondary N) is 1. The smallest absolute Gasteiger partial charge is 0.0104 e. The van der Waals surface area contributed by atoms with Gasteiger partial charge in [0.15, 0.2) is 0 Å². The zero-order valence-electron chi connectivity index (χ0n) is 14.0.